The van der Waals surface area contributed by atoms with E-state index in [1.165, 1.54) is 11.2 Å². The number of likely N-dealkylation sites (N-methyl/N-ethyl adjacent to an activating group) is 1. The van der Waals surface area contributed by atoms with E-state index in [4.69, 9.17) is 11.6 Å². The van der Waals surface area contributed by atoms with E-state index < -0.39 is 26.6 Å². The van der Waals surface area contributed by atoms with Crippen molar-refractivity contribution in [1.29, 1.82) is 0 Å². The second-order valence-corrected chi connectivity index (χ2v) is 7.75. The largest absolute Gasteiger partial charge is 0.325 e. The fourth-order valence-corrected chi connectivity index (χ4v) is 4.42. The smallest absolute Gasteiger partial charge is 0.246 e. The number of carbonyl (C=O) groups excluding carboxylic acids is 1. The summed E-state index contributed by atoms with van der Waals surface area (Å²) in [4.78, 5) is 10.6. The summed E-state index contributed by atoms with van der Waals surface area (Å²) in [5, 5.41) is 5.37. The first kappa shape index (κ1) is 18.1. The van der Waals surface area contributed by atoms with Crippen molar-refractivity contribution in [2.75, 3.05) is 25.5 Å². The summed E-state index contributed by atoms with van der Waals surface area (Å²) < 4.78 is 40.9. The molecule has 0 saturated carbocycles. The number of hydrogen-bond acceptors (Lipinski definition) is 4. The van der Waals surface area contributed by atoms with Gasteiger partial charge in [-0.1, -0.05) is 11.6 Å². The van der Waals surface area contributed by atoms with E-state index in [9.17, 15) is 17.6 Å². The third-order valence-electron chi connectivity index (χ3n) is 3.74. The monoisotopic (exact) mass is 363 g/mol. The molecular weight excluding hydrogens is 345 g/mol. The molecule has 1 atom stereocenters. The lowest BCUT2D eigenvalue weighted by Gasteiger charge is -2.31. The van der Waals surface area contributed by atoms with E-state index in [1.54, 1.807) is 7.05 Å². The van der Waals surface area contributed by atoms with Crippen LogP contribution < -0.4 is 10.6 Å². The number of sulfonamides is 1. The van der Waals surface area contributed by atoms with Crippen molar-refractivity contribution in [3.05, 3.63) is 23.0 Å². The number of nitrogens with one attached hydrogen (secondary N) is 2. The minimum Gasteiger partial charge on any atom is -0.325 e. The maximum atomic E-state index is 14.3. The van der Waals surface area contributed by atoms with E-state index in [-0.39, 0.29) is 23.3 Å². The molecule has 2 rings (SSSR count). The van der Waals surface area contributed by atoms with Crippen LogP contribution in [-0.4, -0.2) is 44.8 Å². The third kappa shape index (κ3) is 4.00. The normalized spacial score (nSPS) is 19.6. The van der Waals surface area contributed by atoms with Gasteiger partial charge >= 0.3 is 0 Å². The average molecular weight is 364 g/mol. The molecule has 1 aromatic carbocycles. The van der Waals surface area contributed by atoms with Crippen LogP contribution in [0.5, 0.6) is 0 Å². The summed E-state index contributed by atoms with van der Waals surface area (Å²) >= 11 is 5.97. The van der Waals surface area contributed by atoms with Crippen LogP contribution in [0.25, 0.3) is 0 Å². The molecule has 6 nitrogen and oxygen atoms in total. The Balaban J connectivity index is 2.36. The molecule has 0 aliphatic carbocycles. The van der Waals surface area contributed by atoms with Gasteiger partial charge in [-0.2, -0.15) is 4.31 Å². The van der Waals surface area contributed by atoms with Crippen LogP contribution in [-0.2, 0) is 14.8 Å². The summed E-state index contributed by atoms with van der Waals surface area (Å²) in [6.45, 7) is 1.87. The Morgan fingerprint density at radius 2 is 2.13 bits per heavy atom. The van der Waals surface area contributed by atoms with Gasteiger partial charge in [0.25, 0.3) is 0 Å². The number of piperidine rings is 1. The SMILES string of the molecule is CNC1CCCN(S(=O)(=O)c2cc(Cl)c(NC(C)=O)cc2F)C1. The number of benzene rings is 1. The first-order valence-electron chi connectivity index (χ1n) is 7.19. The summed E-state index contributed by atoms with van der Waals surface area (Å²) in [6, 6.07) is 2.01. The lowest BCUT2D eigenvalue weighted by atomic mass is 10.1. The van der Waals surface area contributed by atoms with Gasteiger partial charge in [-0.15, -0.1) is 0 Å². The van der Waals surface area contributed by atoms with Gasteiger partial charge < -0.3 is 10.6 Å². The van der Waals surface area contributed by atoms with Crippen molar-refractivity contribution >= 4 is 33.2 Å². The first-order valence-corrected chi connectivity index (χ1v) is 9.01. The first-order chi connectivity index (χ1) is 10.8. The van der Waals surface area contributed by atoms with Crippen LogP contribution in [0.4, 0.5) is 10.1 Å². The van der Waals surface area contributed by atoms with Gasteiger partial charge in [0, 0.05) is 32.1 Å². The third-order valence-corrected chi connectivity index (χ3v) is 5.94. The number of hydrogen-bond donors (Lipinski definition) is 2. The van der Waals surface area contributed by atoms with Crippen LogP contribution in [0.2, 0.25) is 5.02 Å². The highest BCUT2D eigenvalue weighted by Gasteiger charge is 2.32. The Labute approximate surface area is 140 Å². The van der Waals surface area contributed by atoms with Crippen molar-refractivity contribution in [2.45, 2.75) is 30.7 Å². The Kier molecular flexibility index (Phi) is 5.61. The Bertz CT molecular complexity index is 711. The minimum atomic E-state index is -3.98. The molecule has 1 fully saturated rings. The Hall–Kier alpha value is -1.22. The lowest BCUT2D eigenvalue weighted by molar-refractivity contribution is -0.114. The Morgan fingerprint density at radius 3 is 2.74 bits per heavy atom. The fraction of sp³-hybridized carbons (Fsp3) is 0.500. The maximum Gasteiger partial charge on any atom is 0.246 e. The highest BCUT2D eigenvalue weighted by atomic mass is 35.5. The van der Waals surface area contributed by atoms with Crippen molar-refractivity contribution in [2.24, 2.45) is 0 Å². The fourth-order valence-electron chi connectivity index (χ4n) is 2.55. The zero-order valence-corrected chi connectivity index (χ0v) is 14.5. The molecule has 2 N–H and O–H groups in total. The van der Waals surface area contributed by atoms with Gasteiger partial charge in [0.1, 0.15) is 10.7 Å². The molecule has 1 saturated heterocycles. The molecule has 0 spiro atoms. The van der Waals surface area contributed by atoms with Gasteiger partial charge in [-0.25, -0.2) is 12.8 Å². The molecule has 1 aliphatic rings. The standard InChI is InChI=1S/C14H19ClFN3O3S/c1-9(20)18-13-7-12(16)14(6-11(13)15)23(21,22)19-5-3-4-10(8-19)17-2/h6-7,10,17H,3-5,8H2,1-2H3,(H,18,20). The number of rotatable bonds is 4. The van der Waals surface area contributed by atoms with E-state index in [2.05, 4.69) is 10.6 Å². The van der Waals surface area contributed by atoms with E-state index >= 15 is 0 Å². The molecule has 1 heterocycles. The quantitative estimate of drug-likeness (QED) is 0.855. The van der Waals surface area contributed by atoms with E-state index in [0.717, 1.165) is 18.6 Å². The van der Waals surface area contributed by atoms with Gasteiger partial charge in [0.15, 0.2) is 0 Å². The van der Waals surface area contributed by atoms with Crippen LogP contribution in [0.15, 0.2) is 17.0 Å². The van der Waals surface area contributed by atoms with E-state index in [1.807, 2.05) is 0 Å². The van der Waals surface area contributed by atoms with Crippen molar-refractivity contribution in [3.63, 3.8) is 0 Å². The summed E-state index contributed by atoms with van der Waals surface area (Å²) in [7, 11) is -2.22. The summed E-state index contributed by atoms with van der Waals surface area (Å²) in [6.07, 6.45) is 1.57. The molecule has 0 aromatic heterocycles. The second-order valence-electron chi connectivity index (χ2n) is 5.43. The van der Waals surface area contributed by atoms with Crippen LogP contribution in [0.1, 0.15) is 19.8 Å². The molecule has 128 valence electrons. The predicted octanol–water partition coefficient (Wildman–Crippen LogP) is 1.81. The molecule has 0 radical (unpaired) electrons. The summed E-state index contributed by atoms with van der Waals surface area (Å²) in [5.74, 6) is -1.36. The maximum absolute atomic E-state index is 14.3. The zero-order chi connectivity index (χ0) is 17.2. The molecule has 1 aliphatic heterocycles. The molecule has 1 aromatic rings. The zero-order valence-electron chi connectivity index (χ0n) is 12.9. The molecule has 1 amide bonds. The van der Waals surface area contributed by atoms with Crippen molar-refractivity contribution in [3.8, 4) is 0 Å². The van der Waals surface area contributed by atoms with Crippen molar-refractivity contribution in [1.82, 2.24) is 9.62 Å². The van der Waals surface area contributed by atoms with Crippen LogP contribution >= 0.6 is 11.6 Å². The molecule has 0 bridgehead atoms. The highest BCUT2D eigenvalue weighted by molar-refractivity contribution is 7.89. The number of anilines is 1. The highest BCUT2D eigenvalue weighted by Crippen LogP contribution is 2.30. The second kappa shape index (κ2) is 7.12. The minimum absolute atomic E-state index is 0.0256. The number of carbonyl (C=O) groups is 1. The topological polar surface area (TPSA) is 78.5 Å². The molecule has 23 heavy (non-hydrogen) atoms. The lowest BCUT2D eigenvalue weighted by Crippen LogP contribution is -2.47. The van der Waals surface area contributed by atoms with Gasteiger partial charge in [0.05, 0.1) is 10.7 Å². The summed E-state index contributed by atoms with van der Waals surface area (Å²) in [5.41, 5.74) is 0.0439. The van der Waals surface area contributed by atoms with Crippen LogP contribution in [0, 0.1) is 5.82 Å². The van der Waals surface area contributed by atoms with Gasteiger partial charge in [-0.3, -0.25) is 4.79 Å². The Morgan fingerprint density at radius 1 is 1.43 bits per heavy atom. The van der Waals surface area contributed by atoms with Crippen molar-refractivity contribution < 1.29 is 17.6 Å². The molecule has 9 heteroatoms. The molecular formula is C14H19ClFN3O3S. The van der Waals surface area contributed by atoms with Gasteiger partial charge in [0.2, 0.25) is 15.9 Å². The number of halogens is 2. The molecule has 1 unspecified atom stereocenters. The van der Waals surface area contributed by atoms with Crippen LogP contribution in [0.3, 0.4) is 0 Å². The number of nitrogens with zero attached hydrogens (tertiary/aromatic N) is 1. The van der Waals surface area contributed by atoms with Gasteiger partial charge in [-0.05, 0) is 26.0 Å². The number of amides is 1. The predicted molar refractivity (Wildman–Crippen MR) is 86.6 cm³/mol. The average Bonchev–Trinajstić information content (AvgIpc) is 2.50. The van der Waals surface area contributed by atoms with E-state index in [0.29, 0.717) is 13.0 Å².